The lowest BCUT2D eigenvalue weighted by atomic mass is 10.3. The minimum absolute atomic E-state index is 0.273. The van der Waals surface area contributed by atoms with Crippen molar-refractivity contribution < 1.29 is 9.15 Å². The molecule has 6 heteroatoms. The van der Waals surface area contributed by atoms with Crippen LogP contribution in [0, 0.1) is 0 Å². The molecule has 1 saturated heterocycles. The molecule has 1 aliphatic rings. The lowest BCUT2D eigenvalue weighted by molar-refractivity contribution is 0.121. The molecule has 0 radical (unpaired) electrons. The quantitative estimate of drug-likeness (QED) is 0.744. The Morgan fingerprint density at radius 3 is 3.13 bits per heavy atom. The summed E-state index contributed by atoms with van der Waals surface area (Å²) in [6.07, 6.45) is 1.91. The Bertz CT molecular complexity index is 315. The van der Waals surface area contributed by atoms with Crippen molar-refractivity contribution in [3.63, 3.8) is 0 Å². The van der Waals surface area contributed by atoms with Crippen LogP contribution in [-0.4, -0.2) is 43.0 Å². The molecular formula is C9H16N4O2. The summed E-state index contributed by atoms with van der Waals surface area (Å²) in [6, 6.07) is 0.581. The van der Waals surface area contributed by atoms with Gasteiger partial charge in [-0.3, -0.25) is 0 Å². The van der Waals surface area contributed by atoms with E-state index in [4.69, 9.17) is 14.9 Å². The van der Waals surface area contributed by atoms with Crippen molar-refractivity contribution >= 4 is 6.01 Å². The SMILES string of the molecule is COC1CCN(c2nnc(CCN)o2)C1. The Labute approximate surface area is 88.4 Å². The minimum atomic E-state index is 0.273. The topological polar surface area (TPSA) is 77.4 Å². The minimum Gasteiger partial charge on any atom is -0.408 e. The highest BCUT2D eigenvalue weighted by Crippen LogP contribution is 2.19. The fourth-order valence-corrected chi connectivity index (χ4v) is 1.69. The summed E-state index contributed by atoms with van der Waals surface area (Å²) >= 11 is 0. The molecule has 2 rings (SSSR count). The number of aromatic nitrogens is 2. The number of rotatable bonds is 4. The van der Waals surface area contributed by atoms with Crippen LogP contribution < -0.4 is 10.6 Å². The molecule has 1 aromatic rings. The van der Waals surface area contributed by atoms with Crippen LogP contribution in [0.5, 0.6) is 0 Å². The van der Waals surface area contributed by atoms with E-state index in [1.54, 1.807) is 7.11 Å². The molecule has 1 aliphatic heterocycles. The number of nitrogens with zero attached hydrogens (tertiary/aromatic N) is 3. The highest BCUT2D eigenvalue weighted by Gasteiger charge is 2.25. The van der Waals surface area contributed by atoms with Crippen LogP contribution in [0.1, 0.15) is 12.3 Å². The maximum atomic E-state index is 5.47. The highest BCUT2D eigenvalue weighted by molar-refractivity contribution is 5.26. The van der Waals surface area contributed by atoms with Crippen LogP contribution in [0.3, 0.4) is 0 Å². The first kappa shape index (κ1) is 10.4. The second-order valence-corrected chi connectivity index (χ2v) is 3.61. The second-order valence-electron chi connectivity index (χ2n) is 3.61. The van der Waals surface area contributed by atoms with E-state index >= 15 is 0 Å². The standard InChI is InChI=1S/C9H16N4O2/c1-14-7-3-5-13(6-7)9-12-11-8(15-9)2-4-10/h7H,2-6,10H2,1H3. The van der Waals surface area contributed by atoms with Gasteiger partial charge in [-0.15, -0.1) is 5.10 Å². The second kappa shape index (κ2) is 4.59. The molecule has 1 fully saturated rings. The van der Waals surface area contributed by atoms with Crippen molar-refractivity contribution in [1.82, 2.24) is 10.2 Å². The molecule has 2 N–H and O–H groups in total. The third-order valence-electron chi connectivity index (χ3n) is 2.56. The molecule has 1 atom stereocenters. The molecule has 0 aliphatic carbocycles. The van der Waals surface area contributed by atoms with Gasteiger partial charge in [0.2, 0.25) is 5.89 Å². The number of nitrogens with two attached hydrogens (primary N) is 1. The monoisotopic (exact) mass is 212 g/mol. The predicted octanol–water partition coefficient (Wildman–Crippen LogP) is -0.204. The Hall–Kier alpha value is -1.14. The van der Waals surface area contributed by atoms with Crippen LogP contribution in [0.4, 0.5) is 6.01 Å². The first-order chi connectivity index (χ1) is 7.33. The summed E-state index contributed by atoms with van der Waals surface area (Å²) in [6.45, 7) is 2.26. The van der Waals surface area contributed by atoms with Gasteiger partial charge in [-0.05, 0) is 6.42 Å². The van der Waals surface area contributed by atoms with E-state index in [0.29, 0.717) is 24.9 Å². The summed E-state index contributed by atoms with van der Waals surface area (Å²) < 4.78 is 10.7. The summed E-state index contributed by atoms with van der Waals surface area (Å²) in [7, 11) is 1.72. The van der Waals surface area contributed by atoms with Gasteiger partial charge < -0.3 is 19.8 Å². The summed E-state index contributed by atoms with van der Waals surface area (Å²) in [5.74, 6) is 0.605. The van der Waals surface area contributed by atoms with E-state index in [2.05, 4.69) is 10.2 Å². The van der Waals surface area contributed by atoms with Crippen LogP contribution >= 0.6 is 0 Å². The molecule has 1 unspecified atom stereocenters. The first-order valence-electron chi connectivity index (χ1n) is 5.13. The third-order valence-corrected chi connectivity index (χ3v) is 2.56. The van der Waals surface area contributed by atoms with Crippen LogP contribution in [0.15, 0.2) is 4.42 Å². The number of methoxy groups -OCH3 is 1. The van der Waals surface area contributed by atoms with Gasteiger partial charge in [0.25, 0.3) is 0 Å². The Kier molecular flexibility index (Phi) is 3.17. The van der Waals surface area contributed by atoms with Gasteiger partial charge in [-0.25, -0.2) is 0 Å². The van der Waals surface area contributed by atoms with Gasteiger partial charge in [-0.2, -0.15) is 0 Å². The number of ether oxygens (including phenoxy) is 1. The van der Waals surface area contributed by atoms with E-state index in [9.17, 15) is 0 Å². The van der Waals surface area contributed by atoms with E-state index in [-0.39, 0.29) is 6.10 Å². The van der Waals surface area contributed by atoms with Gasteiger partial charge in [0.05, 0.1) is 6.10 Å². The van der Waals surface area contributed by atoms with E-state index in [0.717, 1.165) is 19.5 Å². The Balaban J connectivity index is 1.97. The van der Waals surface area contributed by atoms with E-state index in [1.165, 1.54) is 0 Å². The van der Waals surface area contributed by atoms with Crippen molar-refractivity contribution in [2.24, 2.45) is 5.73 Å². The predicted molar refractivity (Wildman–Crippen MR) is 54.7 cm³/mol. The van der Waals surface area contributed by atoms with Crippen molar-refractivity contribution in [2.45, 2.75) is 18.9 Å². The molecule has 6 nitrogen and oxygen atoms in total. The first-order valence-corrected chi connectivity index (χ1v) is 5.13. The lowest BCUT2D eigenvalue weighted by Gasteiger charge is -2.11. The van der Waals surface area contributed by atoms with E-state index < -0.39 is 0 Å². The zero-order chi connectivity index (χ0) is 10.7. The largest absolute Gasteiger partial charge is 0.408 e. The van der Waals surface area contributed by atoms with Gasteiger partial charge >= 0.3 is 6.01 Å². The molecule has 1 aromatic heterocycles. The fourth-order valence-electron chi connectivity index (χ4n) is 1.69. The molecule has 0 bridgehead atoms. The fraction of sp³-hybridized carbons (Fsp3) is 0.778. The molecule has 2 heterocycles. The molecule has 0 saturated carbocycles. The molecule has 15 heavy (non-hydrogen) atoms. The molecule has 0 spiro atoms. The summed E-state index contributed by atoms with van der Waals surface area (Å²) in [5.41, 5.74) is 5.41. The highest BCUT2D eigenvalue weighted by atomic mass is 16.5. The lowest BCUT2D eigenvalue weighted by Crippen LogP contribution is -2.22. The molecule has 0 aromatic carbocycles. The third kappa shape index (κ3) is 2.27. The summed E-state index contributed by atoms with van der Waals surface area (Å²) in [5, 5.41) is 7.91. The van der Waals surface area contributed by atoms with Gasteiger partial charge in [0.15, 0.2) is 0 Å². The smallest absolute Gasteiger partial charge is 0.318 e. The van der Waals surface area contributed by atoms with Gasteiger partial charge in [0.1, 0.15) is 0 Å². The molecule has 0 amide bonds. The van der Waals surface area contributed by atoms with Crippen molar-refractivity contribution in [1.29, 1.82) is 0 Å². The Morgan fingerprint density at radius 1 is 1.60 bits per heavy atom. The molecular weight excluding hydrogens is 196 g/mol. The van der Waals surface area contributed by atoms with Crippen LogP contribution in [0.25, 0.3) is 0 Å². The molecule has 84 valence electrons. The van der Waals surface area contributed by atoms with Crippen molar-refractivity contribution in [3.05, 3.63) is 5.89 Å². The maximum Gasteiger partial charge on any atom is 0.318 e. The average molecular weight is 212 g/mol. The zero-order valence-corrected chi connectivity index (χ0v) is 8.85. The van der Waals surface area contributed by atoms with Gasteiger partial charge in [-0.1, -0.05) is 5.10 Å². The number of anilines is 1. The summed E-state index contributed by atoms with van der Waals surface area (Å²) in [4.78, 5) is 2.04. The van der Waals surface area contributed by atoms with Gasteiger partial charge in [0, 0.05) is 33.2 Å². The van der Waals surface area contributed by atoms with Crippen molar-refractivity contribution in [2.75, 3.05) is 31.6 Å². The van der Waals surface area contributed by atoms with E-state index in [1.807, 2.05) is 4.90 Å². The van der Waals surface area contributed by atoms with Crippen LogP contribution in [-0.2, 0) is 11.2 Å². The number of hydrogen-bond donors (Lipinski definition) is 1. The van der Waals surface area contributed by atoms with Crippen molar-refractivity contribution in [3.8, 4) is 0 Å². The number of hydrogen-bond acceptors (Lipinski definition) is 6. The zero-order valence-electron chi connectivity index (χ0n) is 8.85. The normalized spacial score (nSPS) is 21.2. The van der Waals surface area contributed by atoms with Crippen LogP contribution in [0.2, 0.25) is 0 Å². The Morgan fingerprint density at radius 2 is 2.47 bits per heavy atom. The maximum absolute atomic E-state index is 5.47. The average Bonchev–Trinajstić information content (AvgIpc) is 2.85.